The third-order valence-corrected chi connectivity index (χ3v) is 8.12. The zero-order valence-corrected chi connectivity index (χ0v) is 20.4. The Balaban J connectivity index is 1.86. The van der Waals surface area contributed by atoms with Gasteiger partial charge in [-0.25, -0.2) is 8.42 Å². The van der Waals surface area contributed by atoms with E-state index in [0.717, 1.165) is 30.6 Å². The Hall–Kier alpha value is -2.19. The second kappa shape index (κ2) is 11.6. The topological polar surface area (TPSA) is 75.7 Å². The van der Waals surface area contributed by atoms with E-state index in [9.17, 15) is 13.2 Å². The molecule has 0 saturated heterocycles. The van der Waals surface area contributed by atoms with E-state index >= 15 is 0 Å². The van der Waals surface area contributed by atoms with Crippen LogP contribution < -0.4 is 14.4 Å². The minimum absolute atomic E-state index is 0.107. The Labute approximate surface area is 195 Å². The molecule has 1 fully saturated rings. The van der Waals surface area contributed by atoms with Crippen molar-refractivity contribution >= 4 is 33.4 Å². The summed E-state index contributed by atoms with van der Waals surface area (Å²) < 4.78 is 33.7. The van der Waals surface area contributed by atoms with Crippen LogP contribution in [-0.2, 0) is 14.8 Å². The van der Waals surface area contributed by atoms with Gasteiger partial charge in [-0.05, 0) is 74.6 Å². The van der Waals surface area contributed by atoms with Crippen molar-refractivity contribution in [3.8, 4) is 5.75 Å². The molecule has 1 aliphatic rings. The second-order valence-electron chi connectivity index (χ2n) is 7.87. The number of benzene rings is 2. The van der Waals surface area contributed by atoms with Gasteiger partial charge in [0.05, 0.1) is 17.2 Å². The lowest BCUT2D eigenvalue weighted by molar-refractivity contribution is -0.120. The Kier molecular flexibility index (Phi) is 8.87. The highest BCUT2D eigenvalue weighted by Crippen LogP contribution is 2.27. The summed E-state index contributed by atoms with van der Waals surface area (Å²) in [6.45, 7) is 2.14. The van der Waals surface area contributed by atoms with Gasteiger partial charge in [0.25, 0.3) is 10.0 Å². The van der Waals surface area contributed by atoms with Crippen LogP contribution in [0.1, 0.15) is 45.4 Å². The molecule has 174 valence electrons. The number of hydrogen-bond acceptors (Lipinski definition) is 5. The molecular weight excluding hydrogens is 444 g/mol. The van der Waals surface area contributed by atoms with Crippen LogP contribution in [0.5, 0.6) is 5.75 Å². The predicted molar refractivity (Wildman–Crippen MR) is 130 cm³/mol. The van der Waals surface area contributed by atoms with Crippen LogP contribution in [0.25, 0.3) is 0 Å². The van der Waals surface area contributed by atoms with Gasteiger partial charge in [0.2, 0.25) is 5.91 Å². The molecule has 1 N–H and O–H groups in total. The van der Waals surface area contributed by atoms with Crippen LogP contribution in [0.15, 0.2) is 58.3 Å². The monoisotopic (exact) mass is 476 g/mol. The Morgan fingerprint density at radius 3 is 2.22 bits per heavy atom. The van der Waals surface area contributed by atoms with Crippen LogP contribution in [0.2, 0.25) is 0 Å². The number of nitrogens with zero attached hydrogens (tertiary/aromatic N) is 1. The highest BCUT2D eigenvalue weighted by molar-refractivity contribution is 7.98. The number of carbonyl (C=O) groups excluding carboxylic acids is 1. The molecule has 0 heterocycles. The minimum atomic E-state index is -3.92. The molecule has 6 nitrogen and oxygen atoms in total. The summed E-state index contributed by atoms with van der Waals surface area (Å²) in [5.41, 5.74) is 0.429. The average Bonchev–Trinajstić information content (AvgIpc) is 3.07. The molecule has 0 radical (unpaired) electrons. The molecule has 32 heavy (non-hydrogen) atoms. The van der Waals surface area contributed by atoms with Crippen LogP contribution >= 0.6 is 11.8 Å². The zero-order valence-electron chi connectivity index (χ0n) is 18.7. The molecule has 1 saturated carbocycles. The standard InChI is InChI=1S/C24H32N2O4S2/c1-3-30-21-12-10-20(11-13-21)26(18-24(27)25-19-8-6-4-5-7-9-19)32(28,29)23-16-14-22(31-2)15-17-23/h10-17,19H,3-9,18H2,1-2H3,(H,25,27). The summed E-state index contributed by atoms with van der Waals surface area (Å²) in [6, 6.07) is 13.6. The Morgan fingerprint density at radius 2 is 1.66 bits per heavy atom. The van der Waals surface area contributed by atoms with E-state index in [0.29, 0.717) is 18.0 Å². The summed E-state index contributed by atoms with van der Waals surface area (Å²) in [5, 5.41) is 3.06. The molecule has 2 aromatic carbocycles. The fourth-order valence-electron chi connectivity index (χ4n) is 3.89. The lowest BCUT2D eigenvalue weighted by Crippen LogP contribution is -2.44. The van der Waals surface area contributed by atoms with Crippen LogP contribution in [0.4, 0.5) is 5.69 Å². The van der Waals surface area contributed by atoms with Gasteiger partial charge in [-0.1, -0.05) is 25.7 Å². The van der Waals surface area contributed by atoms with Crippen molar-refractivity contribution in [1.29, 1.82) is 0 Å². The fraction of sp³-hybridized carbons (Fsp3) is 0.458. The van der Waals surface area contributed by atoms with Crippen molar-refractivity contribution in [2.24, 2.45) is 0 Å². The summed E-state index contributed by atoms with van der Waals surface area (Å²) in [4.78, 5) is 14.0. The molecule has 1 amide bonds. The van der Waals surface area contributed by atoms with Gasteiger partial charge in [-0.15, -0.1) is 11.8 Å². The summed E-state index contributed by atoms with van der Waals surface area (Å²) >= 11 is 1.54. The van der Waals surface area contributed by atoms with Gasteiger partial charge < -0.3 is 10.1 Å². The largest absolute Gasteiger partial charge is 0.494 e. The number of ether oxygens (including phenoxy) is 1. The number of anilines is 1. The van der Waals surface area contributed by atoms with Crippen molar-refractivity contribution < 1.29 is 17.9 Å². The third kappa shape index (κ3) is 6.42. The highest BCUT2D eigenvalue weighted by Gasteiger charge is 2.28. The second-order valence-corrected chi connectivity index (χ2v) is 10.6. The van der Waals surface area contributed by atoms with Crippen molar-refractivity contribution in [3.63, 3.8) is 0 Å². The van der Waals surface area contributed by atoms with E-state index in [4.69, 9.17) is 4.74 Å². The summed E-state index contributed by atoms with van der Waals surface area (Å²) in [5.74, 6) is 0.371. The third-order valence-electron chi connectivity index (χ3n) is 5.59. The van der Waals surface area contributed by atoms with Gasteiger partial charge in [0.15, 0.2) is 0 Å². The molecule has 1 aliphatic carbocycles. The molecule has 0 aromatic heterocycles. The Morgan fingerprint density at radius 1 is 1.03 bits per heavy atom. The van der Waals surface area contributed by atoms with Crippen molar-refractivity contribution in [1.82, 2.24) is 5.32 Å². The molecule has 3 rings (SSSR count). The maximum atomic E-state index is 13.5. The zero-order chi connectivity index (χ0) is 23.0. The van der Waals surface area contributed by atoms with E-state index in [-0.39, 0.29) is 23.4 Å². The lowest BCUT2D eigenvalue weighted by atomic mass is 10.1. The molecule has 8 heteroatoms. The fourth-order valence-corrected chi connectivity index (χ4v) is 5.72. The summed E-state index contributed by atoms with van der Waals surface area (Å²) in [6.07, 6.45) is 8.38. The normalized spacial score (nSPS) is 15.1. The average molecular weight is 477 g/mol. The molecule has 0 atom stereocenters. The van der Waals surface area contributed by atoms with Crippen molar-refractivity contribution in [2.45, 2.75) is 61.3 Å². The highest BCUT2D eigenvalue weighted by atomic mass is 32.2. The molecular formula is C24H32N2O4S2. The number of hydrogen-bond donors (Lipinski definition) is 1. The number of sulfonamides is 1. The van der Waals surface area contributed by atoms with E-state index in [1.807, 2.05) is 13.2 Å². The van der Waals surface area contributed by atoms with Gasteiger partial charge >= 0.3 is 0 Å². The molecule has 0 aliphatic heterocycles. The first kappa shape index (κ1) is 24.5. The minimum Gasteiger partial charge on any atom is -0.494 e. The quantitative estimate of drug-likeness (QED) is 0.414. The Bertz CT molecular complexity index is 968. The van der Waals surface area contributed by atoms with Crippen LogP contribution in [-0.4, -0.2) is 39.8 Å². The maximum absolute atomic E-state index is 13.5. The first-order chi connectivity index (χ1) is 15.4. The number of amides is 1. The molecule has 0 bridgehead atoms. The van der Waals surface area contributed by atoms with Crippen LogP contribution in [0, 0.1) is 0 Å². The molecule has 2 aromatic rings. The van der Waals surface area contributed by atoms with Crippen LogP contribution in [0.3, 0.4) is 0 Å². The van der Waals surface area contributed by atoms with E-state index in [1.165, 1.54) is 17.1 Å². The van der Waals surface area contributed by atoms with Gasteiger partial charge in [0.1, 0.15) is 12.3 Å². The number of nitrogens with one attached hydrogen (secondary N) is 1. The van der Waals surface area contributed by atoms with E-state index < -0.39 is 10.0 Å². The SMILES string of the molecule is CCOc1ccc(N(CC(=O)NC2CCCCCC2)S(=O)(=O)c2ccc(SC)cc2)cc1. The van der Waals surface area contributed by atoms with E-state index in [2.05, 4.69) is 5.32 Å². The maximum Gasteiger partial charge on any atom is 0.264 e. The lowest BCUT2D eigenvalue weighted by Gasteiger charge is -2.26. The first-order valence-corrected chi connectivity index (χ1v) is 13.8. The van der Waals surface area contributed by atoms with Crippen molar-refractivity contribution in [3.05, 3.63) is 48.5 Å². The van der Waals surface area contributed by atoms with Gasteiger partial charge in [-0.2, -0.15) is 0 Å². The molecule has 0 spiro atoms. The van der Waals surface area contributed by atoms with Crippen molar-refractivity contribution in [2.75, 3.05) is 23.7 Å². The predicted octanol–water partition coefficient (Wildman–Crippen LogP) is 4.84. The first-order valence-electron chi connectivity index (χ1n) is 11.1. The number of rotatable bonds is 9. The number of thioether (sulfide) groups is 1. The van der Waals surface area contributed by atoms with Gasteiger partial charge in [-0.3, -0.25) is 9.10 Å². The summed E-state index contributed by atoms with van der Waals surface area (Å²) in [7, 11) is -3.92. The van der Waals surface area contributed by atoms with Gasteiger partial charge in [0, 0.05) is 10.9 Å². The number of carbonyl (C=O) groups is 1. The smallest absolute Gasteiger partial charge is 0.264 e. The molecule has 0 unspecified atom stereocenters. The van der Waals surface area contributed by atoms with E-state index in [1.54, 1.807) is 60.3 Å².